The summed E-state index contributed by atoms with van der Waals surface area (Å²) in [5.74, 6) is 1.03. The molecule has 0 aliphatic heterocycles. The van der Waals surface area contributed by atoms with Crippen LogP contribution >= 0.6 is 11.8 Å². The van der Waals surface area contributed by atoms with Crippen LogP contribution in [0.15, 0.2) is 53.6 Å². The smallest absolute Gasteiger partial charge is 0.0489 e. The highest BCUT2D eigenvalue weighted by atomic mass is 32.2. The molecule has 0 saturated carbocycles. The molecule has 0 aliphatic carbocycles. The average Bonchev–Trinajstić information content (AvgIpc) is 2.77. The largest absolute Gasteiger partial charge is 0.349 e. The molecular weight excluding hydrogens is 262 g/mol. The number of rotatable bonds is 3. The Hall–Kier alpha value is -1.67. The molecule has 0 N–H and O–H groups in total. The van der Waals surface area contributed by atoms with Crippen molar-refractivity contribution in [3.8, 4) is 0 Å². The van der Waals surface area contributed by atoms with Crippen molar-refractivity contribution in [1.82, 2.24) is 4.57 Å². The number of nitrogens with zero attached hydrogens (tertiary/aromatic N) is 1. The van der Waals surface area contributed by atoms with Crippen molar-refractivity contribution in [2.75, 3.05) is 0 Å². The van der Waals surface area contributed by atoms with Crippen LogP contribution in [0.1, 0.15) is 16.7 Å². The zero-order chi connectivity index (χ0) is 14.1. The summed E-state index contributed by atoms with van der Waals surface area (Å²) >= 11 is 1.93. The number of para-hydroxylation sites is 1. The van der Waals surface area contributed by atoms with Gasteiger partial charge in [-0.3, -0.25) is 0 Å². The Bertz CT molecular complexity index is 755. The Morgan fingerprint density at radius 1 is 1.05 bits per heavy atom. The van der Waals surface area contributed by atoms with Crippen molar-refractivity contribution >= 4 is 22.7 Å². The Kier molecular flexibility index (Phi) is 3.58. The van der Waals surface area contributed by atoms with E-state index in [1.165, 1.54) is 32.5 Å². The summed E-state index contributed by atoms with van der Waals surface area (Å²) in [6.07, 6.45) is 2.24. The van der Waals surface area contributed by atoms with Gasteiger partial charge in [-0.25, -0.2) is 0 Å². The number of aryl methyl sites for hydroxylation is 3. The molecule has 0 aliphatic rings. The van der Waals surface area contributed by atoms with E-state index in [4.69, 9.17) is 0 Å². The van der Waals surface area contributed by atoms with Gasteiger partial charge in [-0.15, -0.1) is 11.8 Å². The predicted octanol–water partition coefficient (Wildman–Crippen LogP) is 5.09. The lowest BCUT2D eigenvalue weighted by Crippen LogP contribution is -1.87. The number of fused-ring (bicyclic) bond motifs is 1. The fourth-order valence-corrected chi connectivity index (χ4v) is 3.71. The first-order valence-electron chi connectivity index (χ1n) is 6.88. The molecule has 0 radical (unpaired) electrons. The summed E-state index contributed by atoms with van der Waals surface area (Å²) < 4.78 is 2.21. The molecule has 0 saturated heterocycles. The maximum absolute atomic E-state index is 2.30. The molecule has 0 fully saturated rings. The van der Waals surface area contributed by atoms with E-state index in [9.17, 15) is 0 Å². The number of hydrogen-bond donors (Lipinski definition) is 0. The third-order valence-electron chi connectivity index (χ3n) is 3.75. The van der Waals surface area contributed by atoms with E-state index in [0.717, 1.165) is 5.75 Å². The lowest BCUT2D eigenvalue weighted by molar-refractivity contribution is 0.957. The molecule has 20 heavy (non-hydrogen) atoms. The van der Waals surface area contributed by atoms with Crippen molar-refractivity contribution in [2.24, 2.45) is 7.05 Å². The van der Waals surface area contributed by atoms with Crippen LogP contribution in [0.25, 0.3) is 10.9 Å². The van der Waals surface area contributed by atoms with Crippen LogP contribution in [0.4, 0.5) is 0 Å². The van der Waals surface area contributed by atoms with Crippen LogP contribution in [0.3, 0.4) is 0 Å². The summed E-state index contributed by atoms with van der Waals surface area (Å²) in [6.45, 7) is 4.35. The van der Waals surface area contributed by atoms with E-state index in [2.05, 4.69) is 74.1 Å². The number of thioether (sulfide) groups is 1. The molecule has 0 amide bonds. The van der Waals surface area contributed by atoms with Crippen LogP contribution < -0.4 is 0 Å². The Morgan fingerprint density at radius 3 is 2.70 bits per heavy atom. The molecule has 0 spiro atoms. The average molecular weight is 281 g/mol. The lowest BCUT2D eigenvalue weighted by Gasteiger charge is -2.06. The number of benzene rings is 2. The van der Waals surface area contributed by atoms with Gasteiger partial charge in [0.15, 0.2) is 0 Å². The van der Waals surface area contributed by atoms with Crippen LogP contribution in [0.2, 0.25) is 0 Å². The standard InChI is InChI=1S/C18H19NS/c1-13-8-9-14(2)15(10-13)12-20-18-11-19(3)17-7-5-4-6-16(17)18/h4-11H,12H2,1-3H3. The second kappa shape index (κ2) is 5.37. The number of aromatic nitrogens is 1. The summed E-state index contributed by atoms with van der Waals surface area (Å²) in [4.78, 5) is 1.36. The normalized spacial score (nSPS) is 11.2. The van der Waals surface area contributed by atoms with Gasteiger partial charge in [0.05, 0.1) is 0 Å². The molecular formula is C18H19NS. The lowest BCUT2D eigenvalue weighted by atomic mass is 10.1. The minimum absolute atomic E-state index is 1.03. The van der Waals surface area contributed by atoms with Gasteiger partial charge < -0.3 is 4.57 Å². The molecule has 2 aromatic carbocycles. The monoisotopic (exact) mass is 281 g/mol. The first-order chi connectivity index (χ1) is 9.65. The van der Waals surface area contributed by atoms with Gasteiger partial charge in [0.1, 0.15) is 0 Å². The summed E-state index contributed by atoms with van der Waals surface area (Å²) in [7, 11) is 2.12. The van der Waals surface area contributed by atoms with Crippen LogP contribution in [-0.2, 0) is 12.8 Å². The van der Waals surface area contributed by atoms with Crippen molar-refractivity contribution in [2.45, 2.75) is 24.5 Å². The maximum Gasteiger partial charge on any atom is 0.0489 e. The quantitative estimate of drug-likeness (QED) is 0.605. The molecule has 1 heterocycles. The van der Waals surface area contributed by atoms with E-state index < -0.39 is 0 Å². The molecule has 1 nitrogen and oxygen atoms in total. The number of hydrogen-bond acceptors (Lipinski definition) is 1. The topological polar surface area (TPSA) is 4.93 Å². The highest BCUT2D eigenvalue weighted by Gasteiger charge is 2.07. The summed E-state index contributed by atoms with van der Waals surface area (Å²) in [5.41, 5.74) is 5.45. The Labute approximate surface area is 124 Å². The van der Waals surface area contributed by atoms with E-state index in [0.29, 0.717) is 0 Å². The van der Waals surface area contributed by atoms with Crippen molar-refractivity contribution in [3.63, 3.8) is 0 Å². The molecule has 0 unspecified atom stereocenters. The van der Waals surface area contributed by atoms with Gasteiger partial charge in [-0.2, -0.15) is 0 Å². The molecule has 1 aromatic heterocycles. The van der Waals surface area contributed by atoms with Crippen molar-refractivity contribution in [3.05, 3.63) is 65.4 Å². The minimum Gasteiger partial charge on any atom is -0.349 e. The molecule has 102 valence electrons. The highest BCUT2D eigenvalue weighted by molar-refractivity contribution is 7.98. The maximum atomic E-state index is 2.30. The molecule has 0 bridgehead atoms. The van der Waals surface area contributed by atoms with Crippen LogP contribution in [0, 0.1) is 13.8 Å². The second-order valence-electron chi connectivity index (χ2n) is 5.34. The zero-order valence-electron chi connectivity index (χ0n) is 12.2. The minimum atomic E-state index is 1.03. The third kappa shape index (κ3) is 2.48. The fraction of sp³-hybridized carbons (Fsp3) is 0.222. The van der Waals surface area contributed by atoms with Crippen molar-refractivity contribution in [1.29, 1.82) is 0 Å². The van der Waals surface area contributed by atoms with Crippen LogP contribution in [-0.4, -0.2) is 4.57 Å². The van der Waals surface area contributed by atoms with Gasteiger partial charge >= 0.3 is 0 Å². The van der Waals surface area contributed by atoms with Gasteiger partial charge in [0.2, 0.25) is 0 Å². The molecule has 3 rings (SSSR count). The van der Waals surface area contributed by atoms with Gasteiger partial charge in [-0.1, -0.05) is 42.0 Å². The van der Waals surface area contributed by atoms with E-state index >= 15 is 0 Å². The highest BCUT2D eigenvalue weighted by Crippen LogP contribution is 2.32. The van der Waals surface area contributed by atoms with Crippen molar-refractivity contribution < 1.29 is 0 Å². The van der Waals surface area contributed by atoms with Gasteiger partial charge in [-0.05, 0) is 31.0 Å². The summed E-state index contributed by atoms with van der Waals surface area (Å²) in [5, 5.41) is 1.35. The van der Waals surface area contributed by atoms with Gasteiger partial charge in [0, 0.05) is 34.8 Å². The Morgan fingerprint density at radius 2 is 1.85 bits per heavy atom. The second-order valence-corrected chi connectivity index (χ2v) is 6.36. The van der Waals surface area contributed by atoms with Gasteiger partial charge in [0.25, 0.3) is 0 Å². The van der Waals surface area contributed by atoms with E-state index in [1.807, 2.05) is 11.8 Å². The fourth-order valence-electron chi connectivity index (χ4n) is 2.53. The SMILES string of the molecule is Cc1ccc(C)c(CSc2cn(C)c3ccccc23)c1. The van der Waals surface area contributed by atoms with E-state index in [1.54, 1.807) is 0 Å². The predicted molar refractivity (Wildman–Crippen MR) is 88.4 cm³/mol. The third-order valence-corrected chi connectivity index (χ3v) is 4.84. The molecule has 2 heteroatoms. The summed E-state index contributed by atoms with van der Waals surface area (Å²) in [6, 6.07) is 15.3. The first-order valence-corrected chi connectivity index (χ1v) is 7.87. The van der Waals surface area contributed by atoms with Crippen LogP contribution in [0.5, 0.6) is 0 Å². The molecule has 3 aromatic rings. The Balaban J connectivity index is 1.89. The van der Waals surface area contributed by atoms with E-state index in [-0.39, 0.29) is 0 Å². The molecule has 0 atom stereocenters. The first kappa shape index (κ1) is 13.3. The zero-order valence-corrected chi connectivity index (χ0v) is 13.0.